The maximum atomic E-state index is 12.2. The summed E-state index contributed by atoms with van der Waals surface area (Å²) in [5.41, 5.74) is 6.82. The summed E-state index contributed by atoms with van der Waals surface area (Å²) >= 11 is 5.89. The van der Waals surface area contributed by atoms with Crippen molar-refractivity contribution in [3.05, 3.63) is 23.2 Å². The van der Waals surface area contributed by atoms with Gasteiger partial charge in [-0.05, 0) is 26.0 Å². The largest absolute Gasteiger partial charge is 0.396 e. The van der Waals surface area contributed by atoms with Gasteiger partial charge in [-0.2, -0.15) is 0 Å². The molecule has 0 aliphatic rings. The molecule has 5 nitrogen and oxygen atoms in total. The molecule has 3 N–H and O–H groups in total. The Balaban J connectivity index is 2.73. The smallest absolute Gasteiger partial charge is 0.349 e. The van der Waals surface area contributed by atoms with Crippen LogP contribution in [0.3, 0.4) is 0 Å². The van der Waals surface area contributed by atoms with Crippen molar-refractivity contribution in [1.29, 1.82) is 0 Å². The first-order chi connectivity index (χ1) is 8.52. The van der Waals surface area contributed by atoms with Gasteiger partial charge in [0.05, 0.1) is 29.6 Å². The van der Waals surface area contributed by atoms with Crippen LogP contribution in [0.1, 0.15) is 13.8 Å². The number of hydrogen-bond acceptors (Lipinski definition) is 5. The molecule has 0 aliphatic carbocycles. The van der Waals surface area contributed by atoms with E-state index < -0.39 is 7.60 Å². The molecule has 0 atom stereocenters. The first kappa shape index (κ1) is 15.3. The average molecular weight is 293 g/mol. The number of nitrogens with one attached hydrogen (secondary N) is 1. The lowest BCUT2D eigenvalue weighted by atomic mass is 10.3. The number of rotatable bonds is 7. The Kier molecular flexibility index (Phi) is 5.96. The molecule has 102 valence electrons. The van der Waals surface area contributed by atoms with Crippen LogP contribution < -0.4 is 11.1 Å². The Hall–Kier alpha value is -0.740. The summed E-state index contributed by atoms with van der Waals surface area (Å²) in [6.07, 6.45) is 0.0548. The van der Waals surface area contributed by atoms with E-state index in [0.29, 0.717) is 29.6 Å². The fourth-order valence-corrected chi connectivity index (χ4v) is 2.98. The van der Waals surface area contributed by atoms with Crippen LogP contribution in [0.2, 0.25) is 5.02 Å². The first-order valence-corrected chi connectivity index (χ1v) is 7.79. The number of nitrogen functional groups attached to an aromatic ring is 1. The van der Waals surface area contributed by atoms with Gasteiger partial charge in [-0.25, -0.2) is 0 Å². The van der Waals surface area contributed by atoms with Crippen LogP contribution in [0.4, 0.5) is 11.4 Å². The molecule has 0 saturated heterocycles. The minimum atomic E-state index is -3.13. The molecule has 0 saturated carbocycles. The normalized spacial score (nSPS) is 11.5. The van der Waals surface area contributed by atoms with E-state index >= 15 is 0 Å². The minimum Gasteiger partial charge on any atom is -0.396 e. The highest BCUT2D eigenvalue weighted by molar-refractivity contribution is 7.53. The van der Waals surface area contributed by atoms with Crippen molar-refractivity contribution in [3.63, 3.8) is 0 Å². The van der Waals surface area contributed by atoms with E-state index in [1.165, 1.54) is 0 Å². The molecule has 0 spiro atoms. The summed E-state index contributed by atoms with van der Waals surface area (Å²) in [5.74, 6) is 0. The van der Waals surface area contributed by atoms with Gasteiger partial charge in [-0.3, -0.25) is 4.57 Å². The van der Waals surface area contributed by atoms with Gasteiger partial charge >= 0.3 is 7.60 Å². The third-order valence-electron chi connectivity index (χ3n) is 2.17. The number of para-hydroxylation sites is 1. The Bertz CT molecular complexity index is 432. The van der Waals surface area contributed by atoms with Crippen LogP contribution in [-0.2, 0) is 13.6 Å². The van der Waals surface area contributed by atoms with Crippen LogP contribution in [-0.4, -0.2) is 19.5 Å². The molecule has 1 aromatic rings. The van der Waals surface area contributed by atoms with Gasteiger partial charge in [0.25, 0.3) is 0 Å². The summed E-state index contributed by atoms with van der Waals surface area (Å²) in [5, 5.41) is 3.39. The SMILES string of the molecule is CCOP(=O)(CNc1cccc(Cl)c1N)OCC. The molecule has 0 unspecified atom stereocenters. The van der Waals surface area contributed by atoms with Crippen molar-refractivity contribution >= 4 is 30.6 Å². The summed E-state index contributed by atoms with van der Waals surface area (Å²) in [6.45, 7) is 4.17. The zero-order valence-electron chi connectivity index (χ0n) is 10.5. The van der Waals surface area contributed by atoms with E-state index in [0.717, 1.165) is 0 Å². The lowest BCUT2D eigenvalue weighted by Gasteiger charge is -2.18. The number of hydrogen-bond donors (Lipinski definition) is 2. The Morgan fingerprint density at radius 3 is 2.50 bits per heavy atom. The van der Waals surface area contributed by atoms with Crippen molar-refractivity contribution in [3.8, 4) is 0 Å². The van der Waals surface area contributed by atoms with E-state index in [-0.39, 0.29) is 6.29 Å². The Labute approximate surface area is 112 Å². The van der Waals surface area contributed by atoms with Crippen molar-refractivity contribution in [2.75, 3.05) is 30.6 Å². The summed E-state index contributed by atoms with van der Waals surface area (Å²) in [6, 6.07) is 5.20. The molecule has 0 amide bonds. The van der Waals surface area contributed by atoms with Crippen molar-refractivity contribution < 1.29 is 13.6 Å². The topological polar surface area (TPSA) is 73.6 Å². The second-order valence-electron chi connectivity index (χ2n) is 3.48. The maximum absolute atomic E-state index is 12.2. The Morgan fingerprint density at radius 2 is 1.94 bits per heavy atom. The maximum Gasteiger partial charge on any atom is 0.349 e. The monoisotopic (exact) mass is 292 g/mol. The van der Waals surface area contributed by atoms with E-state index in [1.54, 1.807) is 32.0 Å². The highest BCUT2D eigenvalue weighted by atomic mass is 35.5. The highest BCUT2D eigenvalue weighted by Gasteiger charge is 2.23. The fourth-order valence-electron chi connectivity index (χ4n) is 1.40. The van der Waals surface area contributed by atoms with Gasteiger partial charge in [0, 0.05) is 0 Å². The van der Waals surface area contributed by atoms with Gasteiger partial charge in [0.1, 0.15) is 6.29 Å². The number of benzene rings is 1. The van der Waals surface area contributed by atoms with Crippen molar-refractivity contribution in [2.24, 2.45) is 0 Å². The van der Waals surface area contributed by atoms with E-state index in [4.69, 9.17) is 26.4 Å². The Morgan fingerprint density at radius 1 is 1.33 bits per heavy atom. The lowest BCUT2D eigenvalue weighted by molar-refractivity contribution is 0.221. The van der Waals surface area contributed by atoms with Crippen LogP contribution in [0.25, 0.3) is 0 Å². The van der Waals surface area contributed by atoms with Gasteiger partial charge in [0.15, 0.2) is 0 Å². The third kappa shape index (κ3) is 4.18. The van der Waals surface area contributed by atoms with Gasteiger partial charge < -0.3 is 20.1 Å². The summed E-state index contributed by atoms with van der Waals surface area (Å²) < 4.78 is 22.5. The predicted molar refractivity (Wildman–Crippen MR) is 75.2 cm³/mol. The van der Waals surface area contributed by atoms with Gasteiger partial charge in [0.2, 0.25) is 0 Å². The molecule has 18 heavy (non-hydrogen) atoms. The van der Waals surface area contributed by atoms with E-state index in [2.05, 4.69) is 5.32 Å². The number of nitrogens with two attached hydrogens (primary N) is 1. The fraction of sp³-hybridized carbons (Fsp3) is 0.455. The standard InChI is InChI=1S/C11H18ClN2O3P/c1-3-16-18(15,17-4-2)8-14-10-7-5-6-9(12)11(10)13/h5-7,14H,3-4,8,13H2,1-2H3. The first-order valence-electron chi connectivity index (χ1n) is 5.68. The zero-order valence-corrected chi connectivity index (χ0v) is 12.1. The molecule has 0 radical (unpaired) electrons. The molecule has 7 heteroatoms. The van der Waals surface area contributed by atoms with Gasteiger partial charge in [-0.1, -0.05) is 17.7 Å². The highest BCUT2D eigenvalue weighted by Crippen LogP contribution is 2.47. The van der Waals surface area contributed by atoms with Crippen LogP contribution in [0, 0.1) is 0 Å². The molecular formula is C11H18ClN2O3P. The average Bonchev–Trinajstić information content (AvgIpc) is 2.32. The van der Waals surface area contributed by atoms with Crippen LogP contribution in [0.15, 0.2) is 18.2 Å². The van der Waals surface area contributed by atoms with Gasteiger partial charge in [-0.15, -0.1) is 0 Å². The van der Waals surface area contributed by atoms with Crippen molar-refractivity contribution in [1.82, 2.24) is 0 Å². The predicted octanol–water partition coefficient (Wildman–Crippen LogP) is 3.56. The zero-order chi connectivity index (χ0) is 13.6. The van der Waals surface area contributed by atoms with E-state index in [9.17, 15) is 4.57 Å². The van der Waals surface area contributed by atoms with Crippen LogP contribution >= 0.6 is 19.2 Å². The molecule has 1 aromatic carbocycles. The molecule has 0 fully saturated rings. The molecular weight excluding hydrogens is 275 g/mol. The molecule has 0 aliphatic heterocycles. The third-order valence-corrected chi connectivity index (χ3v) is 4.35. The molecule has 0 bridgehead atoms. The molecule has 0 heterocycles. The second kappa shape index (κ2) is 7.00. The summed E-state index contributed by atoms with van der Waals surface area (Å²) in [7, 11) is -3.13. The minimum absolute atomic E-state index is 0.0548. The van der Waals surface area contributed by atoms with E-state index in [1.807, 2.05) is 0 Å². The quantitative estimate of drug-likeness (QED) is 0.594. The number of halogens is 1. The summed E-state index contributed by atoms with van der Waals surface area (Å²) in [4.78, 5) is 0. The number of anilines is 2. The molecule has 0 aromatic heterocycles. The second-order valence-corrected chi connectivity index (χ2v) is 5.94. The lowest BCUT2D eigenvalue weighted by Crippen LogP contribution is -2.09. The molecule has 1 rings (SSSR count). The van der Waals surface area contributed by atoms with Crippen LogP contribution in [0.5, 0.6) is 0 Å². The van der Waals surface area contributed by atoms with Crippen molar-refractivity contribution in [2.45, 2.75) is 13.8 Å².